The molecule has 6 nitrogen and oxygen atoms in total. The summed E-state index contributed by atoms with van der Waals surface area (Å²) in [5.41, 5.74) is -2.63. The number of aliphatic hydroxyl groups is 1. The molecule has 31 heavy (non-hydrogen) atoms. The van der Waals surface area contributed by atoms with Gasteiger partial charge in [0, 0.05) is 11.7 Å². The average Bonchev–Trinajstić information content (AvgIpc) is 2.64. The summed E-state index contributed by atoms with van der Waals surface area (Å²) in [6.45, 7) is 0.654. The Kier molecular flexibility index (Phi) is 6.45. The van der Waals surface area contributed by atoms with Crippen LogP contribution in [0.15, 0.2) is 53.4 Å². The van der Waals surface area contributed by atoms with Crippen molar-refractivity contribution in [1.29, 1.82) is 0 Å². The Morgan fingerprint density at radius 1 is 1.13 bits per heavy atom. The Hall–Kier alpha value is -2.43. The second-order valence-electron chi connectivity index (χ2n) is 7.77. The Morgan fingerprint density at radius 2 is 1.77 bits per heavy atom. The number of sulfonamides is 1. The third kappa shape index (κ3) is 5.44. The molecule has 0 radical (unpaired) electrons. The summed E-state index contributed by atoms with van der Waals surface area (Å²) in [6, 6.07) is 10.7. The van der Waals surface area contributed by atoms with Gasteiger partial charge in [-0.15, -0.1) is 0 Å². The van der Waals surface area contributed by atoms with Crippen molar-refractivity contribution in [3.8, 4) is 0 Å². The summed E-state index contributed by atoms with van der Waals surface area (Å²) < 4.78 is 66.2. The molecule has 2 aromatic carbocycles. The molecule has 1 fully saturated rings. The van der Waals surface area contributed by atoms with Gasteiger partial charge in [0.05, 0.1) is 11.3 Å². The summed E-state index contributed by atoms with van der Waals surface area (Å²) in [5, 5.41) is 12.2. The lowest BCUT2D eigenvalue weighted by Gasteiger charge is -2.26. The van der Waals surface area contributed by atoms with Gasteiger partial charge in [-0.2, -0.15) is 13.2 Å². The van der Waals surface area contributed by atoms with Gasteiger partial charge in [-0.3, -0.25) is 4.79 Å². The predicted octanol–water partition coefficient (Wildman–Crippen LogP) is 3.47. The first-order chi connectivity index (χ1) is 14.4. The lowest BCUT2D eigenvalue weighted by Crippen LogP contribution is -2.39. The monoisotopic (exact) mass is 456 g/mol. The maximum atomic E-state index is 12.9. The molecule has 10 heteroatoms. The lowest BCUT2D eigenvalue weighted by atomic mass is 9.94. The van der Waals surface area contributed by atoms with Crippen molar-refractivity contribution in [2.75, 3.05) is 5.32 Å². The minimum Gasteiger partial charge on any atom is -0.376 e. The van der Waals surface area contributed by atoms with E-state index >= 15 is 0 Å². The molecule has 3 rings (SSSR count). The molecule has 168 valence electrons. The van der Waals surface area contributed by atoms with Gasteiger partial charge < -0.3 is 10.4 Å². The van der Waals surface area contributed by atoms with Gasteiger partial charge in [0.15, 0.2) is 5.60 Å². The summed E-state index contributed by atoms with van der Waals surface area (Å²) >= 11 is 0. The Morgan fingerprint density at radius 3 is 2.32 bits per heavy atom. The van der Waals surface area contributed by atoms with Crippen LogP contribution >= 0.6 is 0 Å². The molecular weight excluding hydrogens is 433 g/mol. The first-order valence-corrected chi connectivity index (χ1v) is 11.2. The second kappa shape index (κ2) is 8.60. The number of hydrogen-bond donors (Lipinski definition) is 3. The van der Waals surface area contributed by atoms with Gasteiger partial charge in [0.1, 0.15) is 0 Å². The largest absolute Gasteiger partial charge is 0.421 e. The molecule has 0 heterocycles. The number of anilines is 1. The normalized spacial score (nSPS) is 16.9. The van der Waals surface area contributed by atoms with Gasteiger partial charge in [-0.05, 0) is 55.2 Å². The fourth-order valence-corrected chi connectivity index (χ4v) is 4.44. The van der Waals surface area contributed by atoms with Gasteiger partial charge in [0.25, 0.3) is 0 Å². The van der Waals surface area contributed by atoms with Crippen LogP contribution in [0.25, 0.3) is 0 Å². The Labute approximate surface area is 178 Å². The lowest BCUT2D eigenvalue weighted by molar-refractivity contribution is -0.258. The number of carbonyl (C=O) groups is 1. The van der Waals surface area contributed by atoms with Crippen LogP contribution in [-0.2, 0) is 26.8 Å². The fourth-order valence-electron chi connectivity index (χ4n) is 3.07. The number of rotatable bonds is 7. The van der Waals surface area contributed by atoms with Crippen LogP contribution in [0.1, 0.15) is 37.3 Å². The average molecular weight is 456 g/mol. The number of halogens is 3. The quantitative estimate of drug-likeness (QED) is 0.595. The third-order valence-electron chi connectivity index (χ3n) is 5.28. The van der Waals surface area contributed by atoms with Crippen LogP contribution in [0.2, 0.25) is 0 Å². The van der Waals surface area contributed by atoms with Crippen molar-refractivity contribution in [3.05, 3.63) is 59.7 Å². The van der Waals surface area contributed by atoms with Crippen molar-refractivity contribution < 1.29 is 31.5 Å². The maximum Gasteiger partial charge on any atom is 0.421 e. The molecule has 0 saturated heterocycles. The number of carbonyl (C=O) groups excluding carboxylic acids is 1. The van der Waals surface area contributed by atoms with E-state index in [9.17, 15) is 31.5 Å². The van der Waals surface area contributed by atoms with Gasteiger partial charge in [-0.1, -0.05) is 30.7 Å². The summed E-state index contributed by atoms with van der Waals surface area (Å²) in [5.74, 6) is -0.461. The van der Waals surface area contributed by atoms with Gasteiger partial charge >= 0.3 is 6.18 Å². The smallest absolute Gasteiger partial charge is 0.376 e. The molecule has 1 aliphatic carbocycles. The highest BCUT2D eigenvalue weighted by Gasteiger charge is 2.51. The van der Waals surface area contributed by atoms with Crippen LogP contribution in [0, 0.1) is 0 Å². The minimum atomic E-state index is -4.84. The van der Waals surface area contributed by atoms with E-state index in [0.29, 0.717) is 12.5 Å². The number of hydrogen-bond acceptors (Lipinski definition) is 4. The first kappa shape index (κ1) is 23.2. The zero-order chi connectivity index (χ0) is 22.9. The molecule has 3 N–H and O–H groups in total. The third-order valence-corrected chi connectivity index (χ3v) is 6.80. The van der Waals surface area contributed by atoms with Gasteiger partial charge in [0.2, 0.25) is 15.9 Å². The van der Waals surface area contributed by atoms with Gasteiger partial charge in [-0.25, -0.2) is 13.1 Å². The standard InChI is InChI=1S/C21H23F3N2O4S/c1-20(28,21(22,23)24)15-8-10-16(11-9-15)25-19(27)13-14-4-2-7-18(12-14)31(29,30)26-17-5-3-6-17/h2,4,7-12,17,26,28H,3,5-6,13H2,1H3,(H,25,27). The second-order valence-corrected chi connectivity index (χ2v) is 9.48. The molecular formula is C21H23F3N2O4S. The molecule has 1 saturated carbocycles. The zero-order valence-corrected chi connectivity index (χ0v) is 17.6. The first-order valence-electron chi connectivity index (χ1n) is 9.69. The van der Waals surface area contributed by atoms with E-state index < -0.39 is 27.7 Å². The van der Waals surface area contributed by atoms with E-state index in [1.807, 2.05) is 0 Å². The van der Waals surface area contributed by atoms with Crippen molar-refractivity contribution in [1.82, 2.24) is 4.72 Å². The highest BCUT2D eigenvalue weighted by atomic mass is 32.2. The van der Waals surface area contributed by atoms with Crippen LogP contribution < -0.4 is 10.0 Å². The van der Waals surface area contributed by atoms with Crippen molar-refractivity contribution in [2.24, 2.45) is 0 Å². The topological polar surface area (TPSA) is 95.5 Å². The summed E-state index contributed by atoms with van der Waals surface area (Å²) in [6.07, 6.45) is -2.36. The molecule has 1 unspecified atom stereocenters. The highest BCUT2D eigenvalue weighted by molar-refractivity contribution is 7.89. The summed E-state index contributed by atoms with van der Waals surface area (Å²) in [7, 11) is -3.67. The Balaban J connectivity index is 1.65. The molecule has 0 aliphatic heterocycles. The fraction of sp³-hybridized carbons (Fsp3) is 0.381. The number of amides is 1. The minimum absolute atomic E-state index is 0.0574. The Bertz CT molecular complexity index is 1050. The van der Waals surface area contributed by atoms with Crippen LogP contribution in [0.4, 0.5) is 18.9 Å². The van der Waals surface area contributed by atoms with Crippen molar-refractivity contribution in [3.63, 3.8) is 0 Å². The number of benzene rings is 2. The number of nitrogens with one attached hydrogen (secondary N) is 2. The molecule has 0 aromatic heterocycles. The molecule has 1 atom stereocenters. The van der Waals surface area contributed by atoms with Crippen molar-refractivity contribution in [2.45, 2.75) is 55.3 Å². The van der Waals surface area contributed by atoms with E-state index in [2.05, 4.69) is 10.0 Å². The van der Waals surface area contributed by atoms with E-state index in [1.165, 1.54) is 24.3 Å². The highest BCUT2D eigenvalue weighted by Crippen LogP contribution is 2.38. The van der Waals surface area contributed by atoms with E-state index in [1.54, 1.807) is 12.1 Å². The van der Waals surface area contributed by atoms with Crippen LogP contribution in [0.5, 0.6) is 0 Å². The molecule has 0 bridgehead atoms. The molecule has 1 aliphatic rings. The number of alkyl halides is 3. The van der Waals surface area contributed by atoms with Crippen LogP contribution in [-0.4, -0.2) is 31.6 Å². The predicted molar refractivity (Wildman–Crippen MR) is 109 cm³/mol. The van der Waals surface area contributed by atoms with E-state index in [-0.39, 0.29) is 28.6 Å². The SMILES string of the molecule is CC(O)(c1ccc(NC(=O)Cc2cccc(S(=O)(=O)NC3CCC3)c2)cc1)C(F)(F)F. The van der Waals surface area contributed by atoms with Crippen molar-refractivity contribution >= 4 is 21.6 Å². The maximum absolute atomic E-state index is 12.9. The summed E-state index contributed by atoms with van der Waals surface area (Å²) in [4.78, 5) is 12.4. The zero-order valence-electron chi connectivity index (χ0n) is 16.7. The molecule has 2 aromatic rings. The van der Waals surface area contributed by atoms with E-state index in [4.69, 9.17) is 0 Å². The van der Waals surface area contributed by atoms with E-state index in [0.717, 1.165) is 31.4 Å². The molecule has 1 amide bonds. The molecule has 0 spiro atoms. The van der Waals surface area contributed by atoms with Crippen LogP contribution in [0.3, 0.4) is 0 Å².